The number of ether oxygens (including phenoxy) is 1. The van der Waals surface area contributed by atoms with Gasteiger partial charge in [-0.2, -0.15) is 15.4 Å². The summed E-state index contributed by atoms with van der Waals surface area (Å²) < 4.78 is 5.98. The number of amidine groups is 1. The molecule has 0 aromatic carbocycles. The van der Waals surface area contributed by atoms with Crippen molar-refractivity contribution >= 4 is 17.6 Å². The average Bonchev–Trinajstić information content (AvgIpc) is 3.27. The van der Waals surface area contributed by atoms with E-state index in [0.29, 0.717) is 30.8 Å². The number of hydrogen-bond acceptors (Lipinski definition) is 9. The lowest BCUT2D eigenvalue weighted by Crippen LogP contribution is -2.38. The molecule has 4 rings (SSSR count). The van der Waals surface area contributed by atoms with Crippen LogP contribution in [0.1, 0.15) is 46.0 Å². The van der Waals surface area contributed by atoms with E-state index in [9.17, 15) is 0 Å². The molecule has 2 fully saturated rings. The van der Waals surface area contributed by atoms with Crippen molar-refractivity contribution < 1.29 is 9.57 Å². The van der Waals surface area contributed by atoms with Gasteiger partial charge in [0.2, 0.25) is 11.8 Å². The second-order valence-corrected chi connectivity index (χ2v) is 8.64. The first-order chi connectivity index (χ1) is 15.7. The predicted molar refractivity (Wildman–Crippen MR) is 125 cm³/mol. The summed E-state index contributed by atoms with van der Waals surface area (Å²) in [4.78, 5) is 21.6. The van der Waals surface area contributed by atoms with Gasteiger partial charge in [-0.15, -0.1) is 0 Å². The van der Waals surface area contributed by atoms with E-state index in [2.05, 4.69) is 43.4 Å². The molecular formula is C22H36N8O2. The Morgan fingerprint density at radius 2 is 2.16 bits per heavy atom. The van der Waals surface area contributed by atoms with Gasteiger partial charge in [-0.3, -0.25) is 4.90 Å². The van der Waals surface area contributed by atoms with Crippen LogP contribution in [0.2, 0.25) is 0 Å². The molecule has 0 radical (unpaired) electrons. The fraction of sp³-hybridized carbons (Fsp3) is 0.682. The van der Waals surface area contributed by atoms with Crippen molar-refractivity contribution in [1.82, 2.24) is 31.2 Å². The minimum atomic E-state index is 0.189. The Bertz CT molecular complexity index is 805. The topological polar surface area (TPSA) is 108 Å². The fourth-order valence-corrected chi connectivity index (χ4v) is 3.64. The molecule has 1 atom stereocenters. The van der Waals surface area contributed by atoms with E-state index >= 15 is 0 Å². The lowest BCUT2D eigenvalue weighted by atomic mass is 10.3. The molecule has 1 saturated heterocycles. The summed E-state index contributed by atoms with van der Waals surface area (Å²) in [6, 6.07) is 1.98. The van der Waals surface area contributed by atoms with E-state index in [-0.39, 0.29) is 6.04 Å². The Morgan fingerprint density at radius 1 is 1.31 bits per heavy atom. The van der Waals surface area contributed by atoms with Crippen LogP contribution in [0.5, 0.6) is 5.88 Å². The van der Waals surface area contributed by atoms with Crippen molar-refractivity contribution in [2.24, 2.45) is 10.9 Å². The molecule has 1 aliphatic carbocycles. The smallest absolute Gasteiger partial charge is 0.228 e. The van der Waals surface area contributed by atoms with Gasteiger partial charge in [0.15, 0.2) is 5.82 Å². The third-order valence-electron chi connectivity index (χ3n) is 5.68. The maximum absolute atomic E-state index is 5.98. The maximum Gasteiger partial charge on any atom is 0.228 e. The molecule has 1 aromatic rings. The van der Waals surface area contributed by atoms with E-state index in [1.165, 1.54) is 25.7 Å². The van der Waals surface area contributed by atoms with Gasteiger partial charge in [0.05, 0.1) is 12.6 Å². The van der Waals surface area contributed by atoms with Crippen molar-refractivity contribution in [3.63, 3.8) is 0 Å². The molecule has 32 heavy (non-hydrogen) atoms. The number of aromatic nitrogens is 2. The third kappa shape index (κ3) is 7.32. The zero-order valence-corrected chi connectivity index (χ0v) is 19.2. The van der Waals surface area contributed by atoms with Crippen molar-refractivity contribution in [3.8, 4) is 5.88 Å². The fourth-order valence-electron chi connectivity index (χ4n) is 3.64. The molecule has 4 N–H and O–H groups in total. The van der Waals surface area contributed by atoms with Crippen LogP contribution in [-0.2, 0) is 4.84 Å². The molecule has 1 saturated carbocycles. The highest BCUT2D eigenvalue weighted by Gasteiger charge is 2.20. The van der Waals surface area contributed by atoms with Gasteiger partial charge in [-0.05, 0) is 57.7 Å². The molecular weight excluding hydrogens is 408 g/mol. The van der Waals surface area contributed by atoms with Crippen LogP contribution >= 0.6 is 0 Å². The average molecular weight is 445 g/mol. The Kier molecular flexibility index (Phi) is 8.13. The van der Waals surface area contributed by atoms with Crippen LogP contribution in [0.3, 0.4) is 0 Å². The summed E-state index contributed by atoms with van der Waals surface area (Å²) in [5.74, 6) is 3.98. The van der Waals surface area contributed by atoms with Crippen LogP contribution in [0.4, 0.5) is 11.8 Å². The standard InChI is InChI=1S/C22H36N8O2/c1-3-19(28-24-14-17-6-7-17)25-20-13-21(31-11-10-30-8-4-5-9-30)27-22(26-20)23-15-18-12-16(2)29-32-18/h12-13,16-17,24,29H,3-11,14-15H2,1-2H3,(H2,23,25,26,27,28). The van der Waals surface area contributed by atoms with Crippen LogP contribution in [0.15, 0.2) is 22.9 Å². The summed E-state index contributed by atoms with van der Waals surface area (Å²) in [6.45, 7) is 9.34. The van der Waals surface area contributed by atoms with E-state index in [1.807, 2.05) is 13.0 Å². The summed E-state index contributed by atoms with van der Waals surface area (Å²) in [6.07, 6.45) is 7.94. The highest BCUT2D eigenvalue weighted by molar-refractivity contribution is 5.83. The number of likely N-dealkylation sites (tertiary alicyclic amines) is 1. The largest absolute Gasteiger partial charge is 0.476 e. The van der Waals surface area contributed by atoms with Crippen LogP contribution in [0, 0.1) is 5.92 Å². The molecule has 0 bridgehead atoms. The van der Waals surface area contributed by atoms with Crippen LogP contribution in [0.25, 0.3) is 0 Å². The van der Waals surface area contributed by atoms with Crippen molar-refractivity contribution in [1.29, 1.82) is 0 Å². The van der Waals surface area contributed by atoms with Gasteiger partial charge in [-0.25, -0.2) is 10.4 Å². The van der Waals surface area contributed by atoms with Crippen molar-refractivity contribution in [2.45, 2.75) is 52.0 Å². The molecule has 3 heterocycles. The van der Waals surface area contributed by atoms with Gasteiger partial charge in [0, 0.05) is 25.6 Å². The molecule has 176 valence electrons. The number of hydrogen-bond donors (Lipinski definition) is 4. The van der Waals surface area contributed by atoms with E-state index < -0.39 is 0 Å². The summed E-state index contributed by atoms with van der Waals surface area (Å²) in [5, 5.41) is 3.23. The molecule has 10 heteroatoms. The van der Waals surface area contributed by atoms with E-state index in [4.69, 9.17) is 14.6 Å². The SMILES string of the molecule is CC/C(=N\c1cc(OCCN2CCCC2)nc(NCC2=CC(C)NO2)n1)NNCC1CC1. The zero-order chi connectivity index (χ0) is 22.2. The zero-order valence-electron chi connectivity index (χ0n) is 19.2. The number of anilines is 1. The van der Waals surface area contributed by atoms with Gasteiger partial charge in [0.1, 0.15) is 18.2 Å². The minimum absolute atomic E-state index is 0.189. The molecule has 0 amide bonds. The van der Waals surface area contributed by atoms with Crippen molar-refractivity contribution in [3.05, 3.63) is 17.9 Å². The summed E-state index contributed by atoms with van der Waals surface area (Å²) >= 11 is 0. The number of aliphatic imine (C=N–C) groups is 1. The van der Waals surface area contributed by atoms with Crippen LogP contribution in [-0.4, -0.2) is 66.1 Å². The van der Waals surface area contributed by atoms with E-state index in [0.717, 1.165) is 50.1 Å². The number of rotatable bonds is 12. The number of hydroxylamine groups is 1. The predicted octanol–water partition coefficient (Wildman–Crippen LogP) is 2.11. The molecule has 3 aliphatic rings. The first kappa shape index (κ1) is 22.8. The van der Waals surface area contributed by atoms with Gasteiger partial charge in [-0.1, -0.05) is 6.92 Å². The normalized spacial score (nSPS) is 21.4. The molecule has 1 unspecified atom stereocenters. The maximum atomic E-state index is 5.98. The number of nitrogens with zero attached hydrogens (tertiary/aromatic N) is 4. The number of nitrogens with one attached hydrogen (secondary N) is 4. The second-order valence-electron chi connectivity index (χ2n) is 8.64. The molecule has 0 spiro atoms. The lowest BCUT2D eigenvalue weighted by molar-refractivity contribution is 0.120. The van der Waals surface area contributed by atoms with Crippen LogP contribution < -0.4 is 26.4 Å². The molecule has 1 aromatic heterocycles. The Hall–Kier alpha value is -2.43. The van der Waals surface area contributed by atoms with Gasteiger partial charge in [0.25, 0.3) is 0 Å². The highest BCUT2D eigenvalue weighted by Crippen LogP contribution is 2.27. The Morgan fingerprint density at radius 3 is 2.88 bits per heavy atom. The Labute approximate surface area is 190 Å². The molecule has 2 aliphatic heterocycles. The first-order valence-corrected chi connectivity index (χ1v) is 11.9. The van der Waals surface area contributed by atoms with E-state index in [1.54, 1.807) is 6.07 Å². The summed E-state index contributed by atoms with van der Waals surface area (Å²) in [5.41, 5.74) is 9.41. The third-order valence-corrected chi connectivity index (χ3v) is 5.68. The number of hydrazine groups is 1. The second kappa shape index (κ2) is 11.4. The van der Waals surface area contributed by atoms with Gasteiger partial charge < -0.3 is 20.3 Å². The lowest BCUT2D eigenvalue weighted by Gasteiger charge is -2.15. The van der Waals surface area contributed by atoms with Crippen molar-refractivity contribution in [2.75, 3.05) is 44.6 Å². The van der Waals surface area contributed by atoms with Gasteiger partial charge >= 0.3 is 0 Å². The highest BCUT2D eigenvalue weighted by atomic mass is 16.7. The molecule has 10 nitrogen and oxygen atoms in total. The summed E-state index contributed by atoms with van der Waals surface area (Å²) in [7, 11) is 0. The monoisotopic (exact) mass is 444 g/mol. The first-order valence-electron chi connectivity index (χ1n) is 11.9. The Balaban J connectivity index is 1.40. The minimum Gasteiger partial charge on any atom is -0.476 e. The quantitative estimate of drug-likeness (QED) is 0.219.